The molecule has 0 unspecified atom stereocenters. The molecule has 0 aliphatic carbocycles. The number of halogens is 1. The van der Waals surface area contributed by atoms with Crippen molar-refractivity contribution in [1.82, 2.24) is 14.9 Å². The fourth-order valence-electron chi connectivity index (χ4n) is 3.23. The minimum absolute atomic E-state index is 0.131. The lowest BCUT2D eigenvalue weighted by molar-refractivity contribution is -0.121. The lowest BCUT2D eigenvalue weighted by atomic mass is 10.1. The second-order valence-electron chi connectivity index (χ2n) is 7.10. The van der Waals surface area contributed by atoms with Crippen molar-refractivity contribution in [3.05, 3.63) is 87.5 Å². The standard InChI is InChI=1S/C23H20FN3O2S/c1-15-5-7-17(8-6-15)19-13-30-22-21(19)23(29)27(14-26-22)10-9-20(28)25-12-16-3-2-4-18(24)11-16/h2-8,11,13-14H,9-10,12H2,1H3,(H,25,28). The molecule has 0 bridgehead atoms. The topological polar surface area (TPSA) is 64.0 Å². The van der Waals surface area contributed by atoms with Crippen molar-refractivity contribution in [3.8, 4) is 11.1 Å². The Morgan fingerprint density at radius 1 is 1.20 bits per heavy atom. The number of carbonyl (C=O) groups excluding carboxylic acids is 1. The van der Waals surface area contributed by atoms with Crippen molar-refractivity contribution >= 4 is 27.5 Å². The zero-order chi connectivity index (χ0) is 21.1. The molecule has 4 rings (SSSR count). The minimum atomic E-state index is -0.340. The first-order chi connectivity index (χ1) is 14.5. The highest BCUT2D eigenvalue weighted by Gasteiger charge is 2.14. The first-order valence-corrected chi connectivity index (χ1v) is 10.4. The zero-order valence-corrected chi connectivity index (χ0v) is 17.2. The van der Waals surface area contributed by atoms with Gasteiger partial charge in [-0.25, -0.2) is 9.37 Å². The van der Waals surface area contributed by atoms with E-state index in [0.29, 0.717) is 15.8 Å². The van der Waals surface area contributed by atoms with E-state index < -0.39 is 0 Å². The monoisotopic (exact) mass is 421 g/mol. The van der Waals surface area contributed by atoms with Gasteiger partial charge in [0, 0.05) is 30.5 Å². The predicted octanol–water partition coefficient (Wildman–Crippen LogP) is 4.28. The Labute approximate surface area is 176 Å². The molecule has 0 aliphatic heterocycles. The molecule has 0 saturated heterocycles. The number of nitrogens with zero attached hydrogens (tertiary/aromatic N) is 2. The molecule has 0 saturated carbocycles. The Balaban J connectivity index is 1.48. The quantitative estimate of drug-likeness (QED) is 0.505. The van der Waals surface area contributed by atoms with Crippen molar-refractivity contribution in [2.24, 2.45) is 0 Å². The largest absolute Gasteiger partial charge is 0.352 e. The third-order valence-electron chi connectivity index (χ3n) is 4.88. The van der Waals surface area contributed by atoms with Crippen LogP contribution in [0.15, 0.2) is 65.0 Å². The molecular formula is C23H20FN3O2S. The summed E-state index contributed by atoms with van der Waals surface area (Å²) in [7, 11) is 0. The van der Waals surface area contributed by atoms with Gasteiger partial charge in [0.2, 0.25) is 5.91 Å². The molecule has 2 aromatic carbocycles. The number of benzene rings is 2. The Hall–Kier alpha value is -3.32. The normalized spacial score (nSPS) is 11.0. The third-order valence-corrected chi connectivity index (χ3v) is 5.77. The first-order valence-electron chi connectivity index (χ1n) is 9.56. The van der Waals surface area contributed by atoms with E-state index >= 15 is 0 Å². The van der Waals surface area contributed by atoms with Crippen molar-refractivity contribution in [3.63, 3.8) is 0 Å². The van der Waals surface area contributed by atoms with Crippen LogP contribution < -0.4 is 10.9 Å². The molecule has 152 valence electrons. The number of fused-ring (bicyclic) bond motifs is 1. The van der Waals surface area contributed by atoms with E-state index in [1.54, 1.807) is 12.1 Å². The Kier molecular flexibility index (Phi) is 5.72. The Morgan fingerprint density at radius 2 is 2.00 bits per heavy atom. The van der Waals surface area contributed by atoms with Gasteiger partial charge < -0.3 is 5.32 Å². The molecule has 5 nitrogen and oxygen atoms in total. The Bertz CT molecular complexity index is 1260. The van der Waals surface area contributed by atoms with Crippen molar-refractivity contribution in [2.45, 2.75) is 26.4 Å². The number of thiophene rings is 1. The first kappa shape index (κ1) is 20.0. The van der Waals surface area contributed by atoms with Crippen LogP contribution in [0.4, 0.5) is 4.39 Å². The van der Waals surface area contributed by atoms with Crippen LogP contribution in [0, 0.1) is 12.7 Å². The van der Waals surface area contributed by atoms with Crippen molar-refractivity contribution < 1.29 is 9.18 Å². The van der Waals surface area contributed by atoms with Crippen LogP contribution in [0.5, 0.6) is 0 Å². The minimum Gasteiger partial charge on any atom is -0.352 e. The molecule has 30 heavy (non-hydrogen) atoms. The second kappa shape index (κ2) is 8.59. The smallest absolute Gasteiger partial charge is 0.262 e. The zero-order valence-electron chi connectivity index (χ0n) is 16.4. The lowest BCUT2D eigenvalue weighted by Crippen LogP contribution is -2.27. The maximum atomic E-state index is 13.2. The highest BCUT2D eigenvalue weighted by Crippen LogP contribution is 2.30. The number of hydrogen-bond donors (Lipinski definition) is 1. The maximum Gasteiger partial charge on any atom is 0.262 e. The summed E-state index contributed by atoms with van der Waals surface area (Å²) in [5, 5.41) is 5.27. The van der Waals surface area contributed by atoms with E-state index in [1.165, 1.54) is 34.4 Å². The average molecular weight is 421 g/mol. The highest BCUT2D eigenvalue weighted by atomic mass is 32.1. The number of aryl methyl sites for hydroxylation is 2. The van der Waals surface area contributed by atoms with Gasteiger partial charge in [-0.3, -0.25) is 14.2 Å². The number of amides is 1. The van der Waals surface area contributed by atoms with Gasteiger partial charge in [-0.1, -0.05) is 42.0 Å². The second-order valence-corrected chi connectivity index (χ2v) is 7.95. The van der Waals surface area contributed by atoms with Crippen molar-refractivity contribution in [2.75, 3.05) is 0 Å². The highest BCUT2D eigenvalue weighted by molar-refractivity contribution is 7.17. The summed E-state index contributed by atoms with van der Waals surface area (Å²) in [5.74, 6) is -0.553. The molecule has 4 aromatic rings. The van der Waals surface area contributed by atoms with Crippen molar-refractivity contribution in [1.29, 1.82) is 0 Å². The summed E-state index contributed by atoms with van der Waals surface area (Å²) in [4.78, 5) is 30.3. The van der Waals surface area contributed by atoms with Crippen LogP contribution in [-0.2, 0) is 17.9 Å². The van der Waals surface area contributed by atoms with Gasteiger partial charge >= 0.3 is 0 Å². The molecule has 0 atom stereocenters. The molecule has 0 aliphatic rings. The van der Waals surface area contributed by atoms with Gasteiger partial charge in [0.15, 0.2) is 0 Å². The van der Waals surface area contributed by atoms with E-state index in [2.05, 4.69) is 10.3 Å². The van der Waals surface area contributed by atoms with Crippen LogP contribution in [0.25, 0.3) is 21.3 Å². The fraction of sp³-hybridized carbons (Fsp3) is 0.174. The summed E-state index contributed by atoms with van der Waals surface area (Å²) < 4.78 is 14.7. The predicted molar refractivity (Wildman–Crippen MR) is 117 cm³/mol. The fourth-order valence-corrected chi connectivity index (χ4v) is 4.14. The van der Waals surface area contributed by atoms with Gasteiger partial charge in [-0.15, -0.1) is 11.3 Å². The van der Waals surface area contributed by atoms with E-state index in [1.807, 2.05) is 36.6 Å². The summed E-state index contributed by atoms with van der Waals surface area (Å²) >= 11 is 1.43. The molecule has 2 aromatic heterocycles. The summed E-state index contributed by atoms with van der Waals surface area (Å²) in [6, 6.07) is 14.1. The number of nitrogens with one attached hydrogen (secondary N) is 1. The van der Waals surface area contributed by atoms with Crippen LogP contribution in [0.2, 0.25) is 0 Å². The van der Waals surface area contributed by atoms with Gasteiger partial charge in [0.25, 0.3) is 5.56 Å². The molecule has 0 fully saturated rings. The Morgan fingerprint density at radius 3 is 2.77 bits per heavy atom. The summed E-state index contributed by atoms with van der Waals surface area (Å²) in [6.45, 7) is 2.48. The molecule has 2 heterocycles. The number of hydrogen-bond acceptors (Lipinski definition) is 4. The third kappa shape index (κ3) is 4.31. The number of aromatic nitrogens is 2. The van der Waals surface area contributed by atoms with Crippen LogP contribution in [0.1, 0.15) is 17.5 Å². The van der Waals surface area contributed by atoms with Crippen LogP contribution in [0.3, 0.4) is 0 Å². The van der Waals surface area contributed by atoms with Gasteiger partial charge in [-0.2, -0.15) is 0 Å². The van der Waals surface area contributed by atoms with Gasteiger partial charge in [0.1, 0.15) is 10.6 Å². The van der Waals surface area contributed by atoms with Gasteiger partial charge in [-0.05, 0) is 30.2 Å². The molecule has 7 heteroatoms. The SMILES string of the molecule is Cc1ccc(-c2csc3ncn(CCC(=O)NCc4cccc(F)c4)c(=O)c23)cc1. The number of rotatable bonds is 6. The van der Waals surface area contributed by atoms with Gasteiger partial charge in [0.05, 0.1) is 11.7 Å². The van der Waals surface area contributed by atoms with Crippen LogP contribution >= 0.6 is 11.3 Å². The van der Waals surface area contributed by atoms with Crippen LogP contribution in [-0.4, -0.2) is 15.5 Å². The average Bonchev–Trinajstić information content (AvgIpc) is 3.17. The van der Waals surface area contributed by atoms with E-state index in [9.17, 15) is 14.0 Å². The molecule has 1 amide bonds. The molecular weight excluding hydrogens is 401 g/mol. The van der Waals surface area contributed by atoms with E-state index in [0.717, 1.165) is 16.7 Å². The maximum absolute atomic E-state index is 13.2. The van der Waals surface area contributed by atoms with E-state index in [4.69, 9.17) is 0 Å². The lowest BCUT2D eigenvalue weighted by Gasteiger charge is -2.08. The summed E-state index contributed by atoms with van der Waals surface area (Å²) in [5.41, 5.74) is 3.51. The summed E-state index contributed by atoms with van der Waals surface area (Å²) in [6.07, 6.45) is 1.62. The van der Waals surface area contributed by atoms with E-state index in [-0.39, 0.29) is 36.8 Å². The molecule has 0 radical (unpaired) electrons. The molecule has 0 spiro atoms. The molecule has 1 N–H and O–H groups in total. The number of carbonyl (C=O) groups is 1.